The molecule has 2 rings (SSSR count). The Morgan fingerprint density at radius 2 is 2.29 bits per heavy atom. The van der Waals surface area contributed by atoms with Crippen LogP contribution in [-0.4, -0.2) is 21.3 Å². The minimum Gasteiger partial charge on any atom is -0.319 e. The molecule has 0 saturated heterocycles. The van der Waals surface area contributed by atoms with E-state index < -0.39 is 5.54 Å². The lowest BCUT2D eigenvalue weighted by Crippen LogP contribution is -2.47. The summed E-state index contributed by atoms with van der Waals surface area (Å²) in [5, 5.41) is 0. The summed E-state index contributed by atoms with van der Waals surface area (Å²) in [6.07, 6.45) is 6.60. The lowest BCUT2D eigenvalue weighted by atomic mass is 9.90. The quantitative estimate of drug-likeness (QED) is 0.717. The van der Waals surface area contributed by atoms with Gasteiger partial charge in [0, 0.05) is 12.4 Å². The van der Waals surface area contributed by atoms with Crippen LogP contribution in [0.5, 0.6) is 0 Å². The summed E-state index contributed by atoms with van der Waals surface area (Å²) >= 11 is 0. The maximum absolute atomic E-state index is 11.9. The zero-order chi connectivity index (χ0) is 10.2. The van der Waals surface area contributed by atoms with Crippen LogP contribution in [0, 0.1) is 5.92 Å². The van der Waals surface area contributed by atoms with E-state index in [-0.39, 0.29) is 5.78 Å². The van der Waals surface area contributed by atoms with Crippen molar-refractivity contribution in [3.8, 4) is 0 Å². The Morgan fingerprint density at radius 3 is 2.79 bits per heavy atom. The molecule has 1 saturated carbocycles. The first-order valence-electron chi connectivity index (χ1n) is 4.72. The molecule has 1 fully saturated rings. The highest BCUT2D eigenvalue weighted by Gasteiger charge is 2.44. The molecule has 14 heavy (non-hydrogen) atoms. The van der Waals surface area contributed by atoms with Gasteiger partial charge in [0.05, 0.1) is 11.7 Å². The smallest absolute Gasteiger partial charge is 0.202 e. The number of hydrogen-bond donors (Lipinski definition) is 1. The molecule has 0 aromatic carbocycles. The number of carbonyl (C=O) groups is 1. The van der Waals surface area contributed by atoms with Crippen LogP contribution >= 0.6 is 0 Å². The van der Waals surface area contributed by atoms with E-state index in [1.54, 1.807) is 13.1 Å². The Balaban J connectivity index is 2.23. The molecule has 0 aliphatic heterocycles. The van der Waals surface area contributed by atoms with Gasteiger partial charge >= 0.3 is 0 Å². The predicted octanol–water partition coefficient (Wildman–Crippen LogP) is 0.787. The SMILES string of the molecule is CC(N)(C(=O)c1cnccn1)C1CC1. The molecule has 0 spiro atoms. The van der Waals surface area contributed by atoms with E-state index >= 15 is 0 Å². The van der Waals surface area contributed by atoms with Gasteiger partial charge in [-0.3, -0.25) is 9.78 Å². The van der Waals surface area contributed by atoms with Gasteiger partial charge in [0.25, 0.3) is 0 Å². The van der Waals surface area contributed by atoms with Gasteiger partial charge < -0.3 is 5.73 Å². The van der Waals surface area contributed by atoms with E-state index in [0.717, 1.165) is 12.8 Å². The molecule has 1 aliphatic carbocycles. The summed E-state index contributed by atoms with van der Waals surface area (Å²) in [6, 6.07) is 0. The maximum atomic E-state index is 11.9. The fourth-order valence-electron chi connectivity index (χ4n) is 1.56. The van der Waals surface area contributed by atoms with Gasteiger partial charge in [-0.15, -0.1) is 0 Å². The molecule has 1 unspecified atom stereocenters. The second-order valence-electron chi connectivity index (χ2n) is 3.98. The molecule has 4 nitrogen and oxygen atoms in total. The number of nitrogens with zero attached hydrogens (tertiary/aromatic N) is 2. The zero-order valence-electron chi connectivity index (χ0n) is 8.10. The fourth-order valence-corrected chi connectivity index (χ4v) is 1.56. The Labute approximate surface area is 82.6 Å². The van der Waals surface area contributed by atoms with Crippen LogP contribution in [0.3, 0.4) is 0 Å². The van der Waals surface area contributed by atoms with Crippen molar-refractivity contribution in [2.45, 2.75) is 25.3 Å². The number of ketones is 1. The minimum atomic E-state index is -0.768. The summed E-state index contributed by atoms with van der Waals surface area (Å²) in [4.78, 5) is 19.7. The fraction of sp³-hybridized carbons (Fsp3) is 0.500. The van der Waals surface area contributed by atoms with E-state index in [0.29, 0.717) is 11.6 Å². The van der Waals surface area contributed by atoms with Crippen molar-refractivity contribution in [3.05, 3.63) is 24.3 Å². The predicted molar refractivity (Wildman–Crippen MR) is 51.7 cm³/mol. The van der Waals surface area contributed by atoms with Crippen LogP contribution in [0.2, 0.25) is 0 Å². The molecular formula is C10H13N3O. The highest BCUT2D eigenvalue weighted by atomic mass is 16.1. The molecule has 1 heterocycles. The average Bonchev–Trinajstić information content (AvgIpc) is 3.01. The first kappa shape index (κ1) is 9.27. The minimum absolute atomic E-state index is 0.104. The lowest BCUT2D eigenvalue weighted by Gasteiger charge is -2.21. The van der Waals surface area contributed by atoms with Crippen molar-refractivity contribution >= 4 is 5.78 Å². The maximum Gasteiger partial charge on any atom is 0.202 e. The molecule has 4 heteroatoms. The van der Waals surface area contributed by atoms with Gasteiger partial charge in [-0.1, -0.05) is 0 Å². The van der Waals surface area contributed by atoms with Crippen LogP contribution < -0.4 is 5.73 Å². The zero-order valence-corrected chi connectivity index (χ0v) is 8.10. The molecule has 0 amide bonds. The molecule has 2 N–H and O–H groups in total. The molecular weight excluding hydrogens is 178 g/mol. The molecule has 1 aromatic heterocycles. The number of rotatable bonds is 3. The summed E-state index contributed by atoms with van der Waals surface area (Å²) in [5.74, 6) is 0.213. The Bertz CT molecular complexity index is 344. The Morgan fingerprint density at radius 1 is 1.57 bits per heavy atom. The van der Waals surface area contributed by atoms with E-state index in [9.17, 15) is 4.79 Å². The van der Waals surface area contributed by atoms with Crippen LogP contribution in [-0.2, 0) is 0 Å². The van der Waals surface area contributed by atoms with Gasteiger partial charge in [-0.25, -0.2) is 4.98 Å². The Hall–Kier alpha value is -1.29. The first-order valence-corrected chi connectivity index (χ1v) is 4.72. The summed E-state index contributed by atoms with van der Waals surface area (Å²) in [7, 11) is 0. The van der Waals surface area contributed by atoms with Crippen molar-refractivity contribution in [2.24, 2.45) is 11.7 Å². The summed E-state index contributed by atoms with van der Waals surface area (Å²) in [5.41, 5.74) is 5.58. The third kappa shape index (κ3) is 1.53. The van der Waals surface area contributed by atoms with E-state index in [2.05, 4.69) is 9.97 Å². The monoisotopic (exact) mass is 191 g/mol. The molecule has 1 aliphatic rings. The van der Waals surface area contributed by atoms with E-state index in [4.69, 9.17) is 5.73 Å². The lowest BCUT2D eigenvalue weighted by molar-refractivity contribution is 0.0877. The first-order chi connectivity index (χ1) is 6.62. The second kappa shape index (κ2) is 3.13. The highest BCUT2D eigenvalue weighted by Crippen LogP contribution is 2.39. The van der Waals surface area contributed by atoms with Crippen molar-refractivity contribution < 1.29 is 4.79 Å². The van der Waals surface area contributed by atoms with E-state index in [1.807, 2.05) is 0 Å². The van der Waals surface area contributed by atoms with Crippen LogP contribution in [0.4, 0.5) is 0 Å². The van der Waals surface area contributed by atoms with E-state index in [1.165, 1.54) is 12.4 Å². The second-order valence-corrected chi connectivity index (χ2v) is 3.98. The van der Waals surface area contributed by atoms with Gasteiger partial charge in [0.1, 0.15) is 5.69 Å². The Kier molecular flexibility index (Phi) is 2.07. The molecule has 74 valence electrons. The highest BCUT2D eigenvalue weighted by molar-refractivity contribution is 6.01. The number of hydrogen-bond acceptors (Lipinski definition) is 4. The number of nitrogens with two attached hydrogens (primary N) is 1. The van der Waals surface area contributed by atoms with Crippen molar-refractivity contribution in [1.82, 2.24) is 9.97 Å². The summed E-state index contributed by atoms with van der Waals surface area (Å²) in [6.45, 7) is 1.78. The summed E-state index contributed by atoms with van der Waals surface area (Å²) < 4.78 is 0. The normalized spacial score (nSPS) is 20.1. The average molecular weight is 191 g/mol. The molecule has 1 atom stereocenters. The molecule has 0 radical (unpaired) electrons. The third-order valence-electron chi connectivity index (χ3n) is 2.71. The van der Waals surface area contributed by atoms with Crippen molar-refractivity contribution in [1.29, 1.82) is 0 Å². The topological polar surface area (TPSA) is 68.9 Å². The van der Waals surface area contributed by atoms with Gasteiger partial charge in [0.15, 0.2) is 0 Å². The van der Waals surface area contributed by atoms with Crippen molar-refractivity contribution in [3.63, 3.8) is 0 Å². The number of aromatic nitrogens is 2. The van der Waals surface area contributed by atoms with Crippen LogP contribution in [0.15, 0.2) is 18.6 Å². The third-order valence-corrected chi connectivity index (χ3v) is 2.71. The van der Waals surface area contributed by atoms with Crippen LogP contribution in [0.25, 0.3) is 0 Å². The number of carbonyl (C=O) groups excluding carboxylic acids is 1. The molecule has 0 bridgehead atoms. The van der Waals surface area contributed by atoms with Crippen LogP contribution in [0.1, 0.15) is 30.3 Å². The van der Waals surface area contributed by atoms with Gasteiger partial charge in [-0.2, -0.15) is 0 Å². The number of Topliss-reactive ketones (excluding diaryl/α,β-unsaturated/α-hetero) is 1. The van der Waals surface area contributed by atoms with Gasteiger partial charge in [-0.05, 0) is 25.7 Å². The van der Waals surface area contributed by atoms with Crippen molar-refractivity contribution in [2.75, 3.05) is 0 Å². The standard InChI is InChI=1S/C10H13N3O/c1-10(11,7-2-3-7)9(14)8-6-12-4-5-13-8/h4-7H,2-3,11H2,1H3. The van der Waals surface area contributed by atoms with Gasteiger partial charge in [0.2, 0.25) is 5.78 Å². The largest absolute Gasteiger partial charge is 0.319 e. The molecule has 1 aromatic rings.